The molecular weight excluding hydrogens is 365 g/mol. The van der Waals surface area contributed by atoms with Gasteiger partial charge >= 0.3 is 6.18 Å². The fraction of sp³-hybridized carbons (Fsp3) is 0.389. The van der Waals surface area contributed by atoms with Crippen molar-refractivity contribution in [2.45, 2.75) is 32.4 Å². The highest BCUT2D eigenvalue weighted by Crippen LogP contribution is 2.25. The van der Waals surface area contributed by atoms with Gasteiger partial charge in [-0.2, -0.15) is 13.2 Å². The largest absolute Gasteiger partial charge is 0.401 e. The lowest BCUT2D eigenvalue weighted by Gasteiger charge is -2.09. The molecule has 0 unspecified atom stereocenters. The van der Waals surface area contributed by atoms with Crippen molar-refractivity contribution in [1.82, 2.24) is 10.6 Å². The lowest BCUT2D eigenvalue weighted by molar-refractivity contribution is -0.134. The summed E-state index contributed by atoms with van der Waals surface area (Å²) >= 11 is 6.28. The molecule has 26 heavy (non-hydrogen) atoms. The van der Waals surface area contributed by atoms with Crippen LogP contribution in [-0.2, 0) is 0 Å². The highest BCUT2D eigenvalue weighted by molar-refractivity contribution is 6.37. The van der Waals surface area contributed by atoms with Crippen LogP contribution in [0.5, 0.6) is 0 Å². The fourth-order valence-electron chi connectivity index (χ4n) is 2.13. The number of allylic oxidation sites excluding steroid dienone is 8. The molecule has 1 aliphatic rings. The van der Waals surface area contributed by atoms with E-state index in [1.807, 2.05) is 13.0 Å². The lowest BCUT2D eigenvalue weighted by Crippen LogP contribution is -2.17. The minimum Gasteiger partial charge on any atom is -0.401 e. The van der Waals surface area contributed by atoms with Crippen LogP contribution < -0.4 is 16.4 Å². The van der Waals surface area contributed by atoms with E-state index in [1.165, 1.54) is 6.08 Å². The van der Waals surface area contributed by atoms with Crippen molar-refractivity contribution in [2.75, 3.05) is 13.6 Å². The number of rotatable bonds is 7. The van der Waals surface area contributed by atoms with E-state index in [4.69, 9.17) is 22.7 Å². The second-order valence-electron chi connectivity index (χ2n) is 5.85. The Labute approximate surface area is 156 Å². The highest BCUT2D eigenvalue weighted by atomic mass is 35.5. The van der Waals surface area contributed by atoms with Crippen LogP contribution in [0.4, 0.5) is 13.2 Å². The summed E-state index contributed by atoms with van der Waals surface area (Å²) in [5.74, 6) is 0. The topological polar surface area (TPSA) is 73.9 Å². The van der Waals surface area contributed by atoms with E-state index in [9.17, 15) is 13.2 Å². The van der Waals surface area contributed by atoms with E-state index in [2.05, 4.69) is 10.6 Å². The molecule has 0 spiro atoms. The summed E-state index contributed by atoms with van der Waals surface area (Å²) in [5.41, 5.74) is 8.58. The van der Waals surface area contributed by atoms with E-state index in [-0.39, 0.29) is 13.0 Å². The van der Waals surface area contributed by atoms with E-state index in [0.717, 1.165) is 5.57 Å². The molecule has 0 saturated heterocycles. The first-order valence-corrected chi connectivity index (χ1v) is 8.46. The second-order valence-corrected chi connectivity index (χ2v) is 6.23. The van der Waals surface area contributed by atoms with Crippen molar-refractivity contribution in [3.05, 3.63) is 58.1 Å². The van der Waals surface area contributed by atoms with Gasteiger partial charge in [-0.3, -0.25) is 0 Å². The summed E-state index contributed by atoms with van der Waals surface area (Å²) in [6, 6.07) is 0. The Kier molecular flexibility index (Phi) is 8.51. The molecule has 5 N–H and O–H groups in total. The Balaban J connectivity index is 2.69. The molecule has 0 fully saturated rings. The molecule has 8 heteroatoms. The minimum atomic E-state index is -4.19. The molecule has 0 aromatic rings. The second kappa shape index (κ2) is 10.1. The van der Waals surface area contributed by atoms with Crippen molar-refractivity contribution < 1.29 is 13.2 Å². The summed E-state index contributed by atoms with van der Waals surface area (Å²) in [7, 11) is 1.57. The third-order valence-electron chi connectivity index (χ3n) is 3.66. The fourth-order valence-corrected chi connectivity index (χ4v) is 2.36. The van der Waals surface area contributed by atoms with Crippen LogP contribution in [0.1, 0.15) is 26.2 Å². The summed E-state index contributed by atoms with van der Waals surface area (Å²) < 4.78 is 36.8. The van der Waals surface area contributed by atoms with Gasteiger partial charge in [-0.1, -0.05) is 23.3 Å². The van der Waals surface area contributed by atoms with Crippen LogP contribution in [0.15, 0.2) is 58.1 Å². The monoisotopic (exact) mass is 388 g/mol. The van der Waals surface area contributed by atoms with E-state index >= 15 is 0 Å². The van der Waals surface area contributed by atoms with Gasteiger partial charge in [0.05, 0.1) is 17.3 Å². The molecular formula is C18H24ClF3N4. The van der Waals surface area contributed by atoms with Crippen molar-refractivity contribution in [2.24, 2.45) is 5.73 Å². The number of hydrogen-bond donors (Lipinski definition) is 4. The van der Waals surface area contributed by atoms with Crippen molar-refractivity contribution >= 4 is 17.3 Å². The van der Waals surface area contributed by atoms with Crippen molar-refractivity contribution in [1.29, 1.82) is 5.41 Å². The van der Waals surface area contributed by atoms with Gasteiger partial charge in [0.15, 0.2) is 0 Å². The SMILES string of the molecule is CN/C(=C\C=C(/N)CN/C=C1\C(=N)C=CCC(C)=C1Cl)CCC(F)(F)F. The van der Waals surface area contributed by atoms with Crippen LogP contribution in [-0.4, -0.2) is 25.5 Å². The number of halogens is 4. The zero-order chi connectivity index (χ0) is 19.7. The molecule has 0 aromatic carbocycles. The number of nitrogens with one attached hydrogen (secondary N) is 3. The molecule has 0 amide bonds. The van der Waals surface area contributed by atoms with Gasteiger partial charge in [0, 0.05) is 36.6 Å². The molecule has 1 rings (SSSR count). The molecule has 0 aromatic heterocycles. The maximum atomic E-state index is 12.3. The molecule has 0 atom stereocenters. The van der Waals surface area contributed by atoms with Gasteiger partial charge in [-0.25, -0.2) is 0 Å². The summed E-state index contributed by atoms with van der Waals surface area (Å²) in [6.07, 6.45) is 3.74. The average Bonchev–Trinajstić information content (AvgIpc) is 2.67. The van der Waals surface area contributed by atoms with Crippen LogP contribution in [0.2, 0.25) is 0 Å². The average molecular weight is 389 g/mol. The summed E-state index contributed by atoms with van der Waals surface area (Å²) in [5, 5.41) is 14.2. The Morgan fingerprint density at radius 2 is 2.08 bits per heavy atom. The molecule has 0 heterocycles. The minimum absolute atomic E-state index is 0.134. The van der Waals surface area contributed by atoms with E-state index in [1.54, 1.807) is 25.4 Å². The first-order chi connectivity index (χ1) is 12.1. The van der Waals surface area contributed by atoms with Gasteiger partial charge in [0.25, 0.3) is 0 Å². The maximum absolute atomic E-state index is 12.3. The van der Waals surface area contributed by atoms with Gasteiger partial charge < -0.3 is 21.8 Å². The first kappa shape index (κ1) is 21.9. The number of nitrogens with two attached hydrogens (primary N) is 1. The number of hydrogen-bond acceptors (Lipinski definition) is 4. The molecule has 0 radical (unpaired) electrons. The van der Waals surface area contributed by atoms with Crippen LogP contribution in [0, 0.1) is 5.41 Å². The third kappa shape index (κ3) is 7.82. The smallest absolute Gasteiger partial charge is 0.389 e. The molecule has 0 bridgehead atoms. The Morgan fingerprint density at radius 3 is 2.69 bits per heavy atom. The zero-order valence-electron chi connectivity index (χ0n) is 14.8. The van der Waals surface area contributed by atoms with Crippen LogP contribution >= 0.6 is 11.6 Å². The van der Waals surface area contributed by atoms with Gasteiger partial charge in [0.2, 0.25) is 0 Å². The van der Waals surface area contributed by atoms with Gasteiger partial charge in [0.1, 0.15) is 0 Å². The lowest BCUT2D eigenvalue weighted by atomic mass is 10.1. The zero-order valence-corrected chi connectivity index (χ0v) is 15.6. The first-order valence-electron chi connectivity index (χ1n) is 8.08. The standard InChI is InChI=1S/C18H24ClF3N4/c1-12-4-3-5-16(24)15(17(12)19)11-26-10-13(23)6-7-14(25-2)8-9-18(20,21)22/h3,5-7,11,24-26H,4,8-10,23H2,1-2H3/b13-6-,14-7-,15-11+,24-16?. The molecule has 144 valence electrons. The molecule has 1 aliphatic carbocycles. The van der Waals surface area contributed by atoms with Gasteiger partial charge in [-0.05, 0) is 38.0 Å². The normalized spacial score (nSPS) is 18.4. The Bertz CT molecular complexity index is 670. The quantitative estimate of drug-likeness (QED) is 0.493. The molecule has 0 aliphatic heterocycles. The Morgan fingerprint density at radius 1 is 1.38 bits per heavy atom. The molecule has 4 nitrogen and oxygen atoms in total. The van der Waals surface area contributed by atoms with Crippen molar-refractivity contribution in [3.8, 4) is 0 Å². The van der Waals surface area contributed by atoms with Crippen LogP contribution in [0.3, 0.4) is 0 Å². The van der Waals surface area contributed by atoms with E-state index < -0.39 is 12.6 Å². The van der Waals surface area contributed by atoms with Crippen LogP contribution in [0.25, 0.3) is 0 Å². The highest BCUT2D eigenvalue weighted by Gasteiger charge is 2.26. The summed E-state index contributed by atoms with van der Waals surface area (Å²) in [6.45, 7) is 2.18. The predicted octanol–water partition coefficient (Wildman–Crippen LogP) is 4.24. The third-order valence-corrected chi connectivity index (χ3v) is 4.19. The number of alkyl halides is 3. The maximum Gasteiger partial charge on any atom is 0.389 e. The predicted molar refractivity (Wildman–Crippen MR) is 101 cm³/mol. The Hall–Kier alpha value is -2.15. The molecule has 0 saturated carbocycles. The summed E-state index contributed by atoms with van der Waals surface area (Å²) in [4.78, 5) is 0. The van der Waals surface area contributed by atoms with Crippen molar-refractivity contribution in [3.63, 3.8) is 0 Å². The van der Waals surface area contributed by atoms with Gasteiger partial charge in [-0.15, -0.1) is 0 Å². The van der Waals surface area contributed by atoms with E-state index in [0.29, 0.717) is 34.1 Å².